The Morgan fingerprint density at radius 3 is 2.83 bits per heavy atom. The summed E-state index contributed by atoms with van der Waals surface area (Å²) in [5.41, 5.74) is 2.97. The van der Waals surface area contributed by atoms with Gasteiger partial charge in [0.1, 0.15) is 0 Å². The van der Waals surface area contributed by atoms with Crippen molar-refractivity contribution in [3.05, 3.63) is 69.3 Å². The average Bonchev–Trinajstić information content (AvgIpc) is 3.37. The van der Waals surface area contributed by atoms with Crippen molar-refractivity contribution in [2.24, 2.45) is 0 Å². The molecule has 4 heterocycles. The van der Waals surface area contributed by atoms with Gasteiger partial charge in [0.05, 0.1) is 22.4 Å². The van der Waals surface area contributed by atoms with Crippen LogP contribution in [0.5, 0.6) is 0 Å². The van der Waals surface area contributed by atoms with Crippen LogP contribution in [0.2, 0.25) is 0 Å². The van der Waals surface area contributed by atoms with Crippen LogP contribution in [0, 0.1) is 18.6 Å². The Morgan fingerprint density at radius 2 is 2.03 bits per heavy atom. The molecule has 0 unspecified atom stereocenters. The van der Waals surface area contributed by atoms with Gasteiger partial charge in [-0.05, 0) is 24.6 Å². The Bertz CT molecular complexity index is 1440. The van der Waals surface area contributed by atoms with Gasteiger partial charge in [0.2, 0.25) is 0 Å². The number of benzene rings is 1. The van der Waals surface area contributed by atoms with Crippen LogP contribution in [0.1, 0.15) is 11.1 Å². The van der Waals surface area contributed by atoms with Crippen LogP contribution >= 0.6 is 11.3 Å². The molecule has 0 aliphatic rings. The van der Waals surface area contributed by atoms with Gasteiger partial charge in [0.25, 0.3) is 5.56 Å². The van der Waals surface area contributed by atoms with E-state index in [1.807, 2.05) is 0 Å². The molecule has 10 heteroatoms. The molecule has 144 valence electrons. The zero-order valence-electron chi connectivity index (χ0n) is 15.0. The van der Waals surface area contributed by atoms with Crippen molar-refractivity contribution in [3.63, 3.8) is 0 Å². The molecule has 5 aromatic rings. The maximum absolute atomic E-state index is 14.3. The van der Waals surface area contributed by atoms with Gasteiger partial charge in [-0.25, -0.2) is 23.7 Å². The lowest BCUT2D eigenvalue weighted by molar-refractivity contribution is 0.515. The summed E-state index contributed by atoms with van der Waals surface area (Å²) in [5.74, 6) is -1.52. The normalized spacial score (nSPS) is 11.6. The number of H-pyrrole nitrogens is 1. The molecule has 0 aliphatic carbocycles. The van der Waals surface area contributed by atoms with Crippen molar-refractivity contribution in [1.29, 1.82) is 0 Å². The van der Waals surface area contributed by atoms with Crippen molar-refractivity contribution < 1.29 is 8.78 Å². The van der Waals surface area contributed by atoms with Crippen LogP contribution in [0.15, 0.2) is 41.0 Å². The number of hydrogen-bond acceptors (Lipinski definition) is 6. The molecule has 7 nitrogen and oxygen atoms in total. The predicted octanol–water partition coefficient (Wildman–Crippen LogP) is 3.43. The zero-order chi connectivity index (χ0) is 20.1. The topological polar surface area (TPSA) is 89.3 Å². The summed E-state index contributed by atoms with van der Waals surface area (Å²) in [6.45, 7) is 1.83. The van der Waals surface area contributed by atoms with Gasteiger partial charge in [-0.15, -0.1) is 11.3 Å². The van der Waals surface area contributed by atoms with Gasteiger partial charge in [-0.3, -0.25) is 9.78 Å². The van der Waals surface area contributed by atoms with Crippen molar-refractivity contribution in [2.45, 2.75) is 13.5 Å². The van der Waals surface area contributed by atoms with Gasteiger partial charge in [0.15, 0.2) is 28.8 Å². The van der Waals surface area contributed by atoms with E-state index in [1.54, 1.807) is 35.6 Å². The quantitative estimate of drug-likeness (QED) is 0.492. The van der Waals surface area contributed by atoms with Crippen molar-refractivity contribution in [1.82, 2.24) is 29.5 Å². The number of halogens is 2. The van der Waals surface area contributed by atoms with Crippen LogP contribution < -0.4 is 5.56 Å². The number of nitrogens with one attached hydrogen (secondary N) is 1. The first-order chi connectivity index (χ1) is 14.0. The highest BCUT2D eigenvalue weighted by atomic mass is 32.1. The van der Waals surface area contributed by atoms with Gasteiger partial charge in [-0.2, -0.15) is 0 Å². The van der Waals surface area contributed by atoms with Crippen molar-refractivity contribution in [3.8, 4) is 10.7 Å². The molecule has 0 atom stereocenters. The number of hydrogen-bond donors (Lipinski definition) is 1. The Labute approximate surface area is 165 Å². The lowest BCUT2D eigenvalue weighted by Crippen LogP contribution is -2.16. The number of thiazole rings is 1. The summed E-state index contributed by atoms with van der Waals surface area (Å²) >= 11 is 1.40. The third-order valence-electron chi connectivity index (χ3n) is 4.80. The molecule has 0 saturated heterocycles. The van der Waals surface area contributed by atoms with Crippen molar-refractivity contribution in [2.75, 3.05) is 0 Å². The minimum atomic E-state index is -1.08. The minimum Gasteiger partial charge on any atom is -0.319 e. The molecule has 0 fully saturated rings. The van der Waals surface area contributed by atoms with E-state index < -0.39 is 17.2 Å². The molecule has 0 saturated carbocycles. The van der Waals surface area contributed by atoms with E-state index in [0.29, 0.717) is 33.6 Å². The summed E-state index contributed by atoms with van der Waals surface area (Å²) in [6.07, 6.45) is 4.77. The number of aromatic nitrogens is 6. The van der Waals surface area contributed by atoms with Crippen LogP contribution in [-0.4, -0.2) is 29.5 Å². The maximum atomic E-state index is 14.3. The third-order valence-corrected chi connectivity index (χ3v) is 5.57. The highest BCUT2D eigenvalue weighted by Gasteiger charge is 2.20. The molecule has 1 aromatic carbocycles. The molecule has 29 heavy (non-hydrogen) atoms. The summed E-state index contributed by atoms with van der Waals surface area (Å²) in [5, 5.41) is 0.419. The van der Waals surface area contributed by atoms with E-state index in [9.17, 15) is 13.6 Å². The zero-order valence-corrected chi connectivity index (χ0v) is 15.8. The first-order valence-electron chi connectivity index (χ1n) is 8.60. The SMILES string of the molecule is Cc1c(Cn2c(-c3cncs3)nc3nccnc32)c2ccc(F)c(F)c2[nH]c1=O. The van der Waals surface area contributed by atoms with E-state index in [0.717, 1.165) is 10.9 Å². The van der Waals surface area contributed by atoms with E-state index in [1.165, 1.54) is 17.4 Å². The van der Waals surface area contributed by atoms with Crippen LogP contribution in [0.25, 0.3) is 32.9 Å². The Hall–Kier alpha value is -3.53. The predicted molar refractivity (Wildman–Crippen MR) is 105 cm³/mol. The molecule has 0 bridgehead atoms. The van der Waals surface area contributed by atoms with Gasteiger partial charge < -0.3 is 9.55 Å². The van der Waals surface area contributed by atoms with E-state index >= 15 is 0 Å². The second kappa shape index (κ2) is 6.52. The number of imidazole rings is 1. The molecule has 5 rings (SSSR count). The third kappa shape index (κ3) is 2.71. The van der Waals surface area contributed by atoms with Crippen LogP contribution in [-0.2, 0) is 6.54 Å². The first-order valence-corrected chi connectivity index (χ1v) is 9.48. The van der Waals surface area contributed by atoms with E-state index in [2.05, 4.69) is 24.9 Å². The number of rotatable bonds is 3. The summed E-state index contributed by atoms with van der Waals surface area (Å²) in [7, 11) is 0. The average molecular weight is 410 g/mol. The fraction of sp³-hybridized carbons (Fsp3) is 0.105. The molecule has 1 N–H and O–H groups in total. The van der Waals surface area contributed by atoms with Crippen LogP contribution in [0.3, 0.4) is 0 Å². The highest BCUT2D eigenvalue weighted by Crippen LogP contribution is 2.29. The van der Waals surface area contributed by atoms with Crippen molar-refractivity contribution >= 4 is 33.5 Å². The largest absolute Gasteiger partial charge is 0.319 e. The van der Waals surface area contributed by atoms with Gasteiger partial charge in [-0.1, -0.05) is 0 Å². The maximum Gasteiger partial charge on any atom is 0.251 e. The molecular weight excluding hydrogens is 398 g/mol. The monoisotopic (exact) mass is 410 g/mol. The van der Waals surface area contributed by atoms with Gasteiger partial charge in [0, 0.05) is 29.5 Å². The minimum absolute atomic E-state index is 0.162. The summed E-state index contributed by atoms with van der Waals surface area (Å²) in [6, 6.07) is 2.51. The standard InChI is InChI=1S/C19H12F2N6OS/c1-9-11(10-2-3-12(20)14(21)15(10)25-19(9)28)7-27-17(13-6-22-8-29-13)26-16-18(27)24-5-4-23-16/h2-6,8H,7H2,1H3,(H,25,28). The number of pyridine rings is 1. The fourth-order valence-electron chi connectivity index (χ4n) is 3.35. The second-order valence-corrected chi connectivity index (χ2v) is 7.32. The molecule has 0 aliphatic heterocycles. The highest BCUT2D eigenvalue weighted by molar-refractivity contribution is 7.13. The number of aromatic amines is 1. The second-order valence-electron chi connectivity index (χ2n) is 6.43. The van der Waals surface area contributed by atoms with E-state index in [-0.39, 0.29) is 12.1 Å². The van der Waals surface area contributed by atoms with Crippen LogP contribution in [0.4, 0.5) is 8.78 Å². The number of nitrogens with zero attached hydrogens (tertiary/aromatic N) is 5. The van der Waals surface area contributed by atoms with Gasteiger partial charge >= 0.3 is 0 Å². The fourth-order valence-corrected chi connectivity index (χ4v) is 3.97. The Balaban J connectivity index is 1.80. The Kier molecular flexibility index (Phi) is 3.95. The van der Waals surface area contributed by atoms with E-state index in [4.69, 9.17) is 0 Å². The first kappa shape index (κ1) is 17.6. The molecular formula is C19H12F2N6OS. The number of fused-ring (bicyclic) bond motifs is 2. The molecule has 0 radical (unpaired) electrons. The molecule has 0 spiro atoms. The molecule has 0 amide bonds. The smallest absolute Gasteiger partial charge is 0.251 e. The Morgan fingerprint density at radius 1 is 1.21 bits per heavy atom. The summed E-state index contributed by atoms with van der Waals surface area (Å²) < 4.78 is 29.8. The summed E-state index contributed by atoms with van der Waals surface area (Å²) in [4.78, 5) is 32.9. The lowest BCUT2D eigenvalue weighted by Gasteiger charge is -2.13. The lowest BCUT2D eigenvalue weighted by atomic mass is 10.0. The molecule has 4 aromatic heterocycles.